The Labute approximate surface area is 101 Å². The minimum Gasteiger partial charge on any atom is -0.492 e. The SMILES string of the molecule is CCOc1ccc(C(C=O)C(F)(F)F)cc1Cl. The second-order valence-corrected chi connectivity index (χ2v) is 3.69. The highest BCUT2D eigenvalue weighted by Gasteiger charge is 2.40. The van der Waals surface area contributed by atoms with Crippen LogP contribution in [-0.4, -0.2) is 19.1 Å². The van der Waals surface area contributed by atoms with Gasteiger partial charge in [0.25, 0.3) is 0 Å². The lowest BCUT2D eigenvalue weighted by Crippen LogP contribution is -2.21. The molecule has 0 radical (unpaired) electrons. The number of rotatable bonds is 4. The molecule has 0 spiro atoms. The molecule has 1 unspecified atom stereocenters. The average Bonchev–Trinajstić information content (AvgIpc) is 2.21. The van der Waals surface area contributed by atoms with Gasteiger partial charge in [0.2, 0.25) is 0 Å². The Hall–Kier alpha value is -1.23. The van der Waals surface area contributed by atoms with E-state index in [-0.39, 0.29) is 16.9 Å². The summed E-state index contributed by atoms with van der Waals surface area (Å²) in [5.41, 5.74) is -0.194. The lowest BCUT2D eigenvalue weighted by atomic mass is 10.0. The Morgan fingerprint density at radius 1 is 1.47 bits per heavy atom. The maximum Gasteiger partial charge on any atom is 0.402 e. The van der Waals surface area contributed by atoms with Gasteiger partial charge in [0.05, 0.1) is 11.6 Å². The third kappa shape index (κ3) is 3.36. The van der Waals surface area contributed by atoms with Crippen LogP contribution in [0.2, 0.25) is 5.02 Å². The standard InChI is InChI=1S/C11H10ClF3O2/c1-2-17-10-4-3-7(5-9(10)12)8(6-16)11(13,14)15/h3-6,8H,2H2,1H3. The largest absolute Gasteiger partial charge is 0.492 e. The summed E-state index contributed by atoms with van der Waals surface area (Å²) >= 11 is 5.75. The molecule has 0 saturated carbocycles. The van der Waals surface area contributed by atoms with E-state index in [0.717, 1.165) is 6.07 Å². The van der Waals surface area contributed by atoms with Gasteiger partial charge in [0.1, 0.15) is 18.0 Å². The number of halogens is 4. The van der Waals surface area contributed by atoms with E-state index in [9.17, 15) is 18.0 Å². The summed E-state index contributed by atoms with van der Waals surface area (Å²) in [7, 11) is 0. The Morgan fingerprint density at radius 2 is 2.12 bits per heavy atom. The summed E-state index contributed by atoms with van der Waals surface area (Å²) in [6, 6.07) is 3.60. The zero-order valence-electron chi connectivity index (χ0n) is 8.92. The van der Waals surface area contributed by atoms with E-state index in [4.69, 9.17) is 16.3 Å². The van der Waals surface area contributed by atoms with Crippen LogP contribution in [0, 0.1) is 0 Å². The molecule has 1 rings (SSSR count). The number of carbonyl (C=O) groups excluding carboxylic acids is 1. The Bertz CT molecular complexity index is 404. The molecule has 0 aromatic heterocycles. The minimum absolute atomic E-state index is 0.0560. The molecular weight excluding hydrogens is 257 g/mol. The Kier molecular flexibility index (Phi) is 4.40. The van der Waals surface area contributed by atoms with E-state index in [1.807, 2.05) is 0 Å². The van der Waals surface area contributed by atoms with Crippen LogP contribution in [0.25, 0.3) is 0 Å². The third-order valence-corrected chi connectivity index (χ3v) is 2.40. The third-order valence-electron chi connectivity index (χ3n) is 2.10. The molecule has 0 amide bonds. The molecule has 0 aliphatic rings. The van der Waals surface area contributed by atoms with Crippen molar-refractivity contribution in [3.8, 4) is 5.75 Å². The van der Waals surface area contributed by atoms with Crippen molar-refractivity contribution in [1.29, 1.82) is 0 Å². The van der Waals surface area contributed by atoms with Crippen molar-refractivity contribution >= 4 is 17.9 Å². The van der Waals surface area contributed by atoms with Gasteiger partial charge in [-0.25, -0.2) is 0 Å². The zero-order valence-corrected chi connectivity index (χ0v) is 9.68. The van der Waals surface area contributed by atoms with Gasteiger partial charge in [-0.1, -0.05) is 17.7 Å². The fraction of sp³-hybridized carbons (Fsp3) is 0.364. The van der Waals surface area contributed by atoms with Crippen LogP contribution >= 0.6 is 11.6 Å². The maximum absolute atomic E-state index is 12.5. The smallest absolute Gasteiger partial charge is 0.402 e. The van der Waals surface area contributed by atoms with Crippen LogP contribution in [0.15, 0.2) is 18.2 Å². The zero-order chi connectivity index (χ0) is 13.1. The molecule has 17 heavy (non-hydrogen) atoms. The molecule has 0 saturated heterocycles. The number of carbonyl (C=O) groups is 1. The molecule has 0 N–H and O–H groups in total. The van der Waals surface area contributed by atoms with E-state index < -0.39 is 12.1 Å². The highest BCUT2D eigenvalue weighted by molar-refractivity contribution is 6.32. The van der Waals surface area contributed by atoms with Crippen LogP contribution < -0.4 is 4.74 Å². The fourth-order valence-corrected chi connectivity index (χ4v) is 1.57. The summed E-state index contributed by atoms with van der Waals surface area (Å²) in [6.07, 6.45) is -4.76. The predicted molar refractivity (Wildman–Crippen MR) is 57.5 cm³/mol. The first-order valence-corrected chi connectivity index (χ1v) is 5.22. The van der Waals surface area contributed by atoms with Gasteiger partial charge < -0.3 is 9.53 Å². The number of alkyl halides is 3. The lowest BCUT2D eigenvalue weighted by molar-refractivity contribution is -0.155. The van der Waals surface area contributed by atoms with Gasteiger partial charge in [0, 0.05) is 0 Å². The molecular formula is C11H10ClF3O2. The molecule has 1 atom stereocenters. The molecule has 94 valence electrons. The first-order chi connectivity index (χ1) is 7.90. The highest BCUT2D eigenvalue weighted by atomic mass is 35.5. The monoisotopic (exact) mass is 266 g/mol. The van der Waals surface area contributed by atoms with Gasteiger partial charge in [0.15, 0.2) is 0 Å². The van der Waals surface area contributed by atoms with Crippen molar-refractivity contribution in [3.05, 3.63) is 28.8 Å². The number of benzene rings is 1. The number of hydrogen-bond donors (Lipinski definition) is 0. The minimum atomic E-state index is -4.61. The topological polar surface area (TPSA) is 26.3 Å². The molecule has 0 aliphatic carbocycles. The normalized spacial score (nSPS) is 13.2. The number of ether oxygens (including phenoxy) is 1. The Balaban J connectivity index is 3.07. The Morgan fingerprint density at radius 3 is 2.53 bits per heavy atom. The van der Waals surface area contributed by atoms with Crippen molar-refractivity contribution in [2.75, 3.05) is 6.61 Å². The quantitative estimate of drug-likeness (QED) is 0.779. The average molecular weight is 267 g/mol. The van der Waals surface area contributed by atoms with Gasteiger partial charge in [-0.15, -0.1) is 0 Å². The van der Waals surface area contributed by atoms with Crippen molar-refractivity contribution in [1.82, 2.24) is 0 Å². The fourth-order valence-electron chi connectivity index (χ4n) is 1.33. The van der Waals surface area contributed by atoms with Gasteiger partial charge in [-0.3, -0.25) is 0 Å². The van der Waals surface area contributed by atoms with E-state index in [1.54, 1.807) is 6.92 Å². The summed E-state index contributed by atoms with van der Waals surface area (Å²) in [5.74, 6) is -1.86. The second-order valence-electron chi connectivity index (χ2n) is 3.28. The lowest BCUT2D eigenvalue weighted by Gasteiger charge is -2.15. The van der Waals surface area contributed by atoms with Crippen LogP contribution in [0.3, 0.4) is 0 Å². The summed E-state index contributed by atoms with van der Waals surface area (Å²) < 4.78 is 42.5. The van der Waals surface area contributed by atoms with E-state index in [2.05, 4.69) is 0 Å². The van der Waals surface area contributed by atoms with Crippen molar-refractivity contribution in [2.24, 2.45) is 0 Å². The molecule has 0 aliphatic heterocycles. The first kappa shape index (κ1) is 13.8. The number of hydrogen-bond acceptors (Lipinski definition) is 2. The van der Waals surface area contributed by atoms with Crippen LogP contribution in [0.5, 0.6) is 5.75 Å². The van der Waals surface area contributed by atoms with Crippen LogP contribution in [-0.2, 0) is 4.79 Å². The van der Waals surface area contributed by atoms with Crippen molar-refractivity contribution < 1.29 is 22.7 Å². The molecule has 0 heterocycles. The van der Waals surface area contributed by atoms with Crippen LogP contribution in [0.4, 0.5) is 13.2 Å². The highest BCUT2D eigenvalue weighted by Crippen LogP contribution is 2.36. The molecule has 0 fully saturated rings. The van der Waals surface area contributed by atoms with Gasteiger partial charge in [-0.05, 0) is 24.6 Å². The predicted octanol–water partition coefficient (Wildman–Crippen LogP) is 3.58. The summed E-state index contributed by atoms with van der Waals surface area (Å²) in [4.78, 5) is 10.5. The van der Waals surface area contributed by atoms with Crippen LogP contribution in [0.1, 0.15) is 18.4 Å². The second kappa shape index (κ2) is 5.40. The van der Waals surface area contributed by atoms with Crippen molar-refractivity contribution in [3.63, 3.8) is 0 Å². The summed E-state index contributed by atoms with van der Waals surface area (Å²) in [6.45, 7) is 2.09. The first-order valence-electron chi connectivity index (χ1n) is 4.84. The summed E-state index contributed by atoms with van der Waals surface area (Å²) in [5, 5.41) is 0.0560. The van der Waals surface area contributed by atoms with E-state index >= 15 is 0 Å². The molecule has 0 bridgehead atoms. The van der Waals surface area contributed by atoms with E-state index in [0.29, 0.717) is 12.4 Å². The maximum atomic E-state index is 12.5. The molecule has 2 nitrogen and oxygen atoms in total. The van der Waals surface area contributed by atoms with Crippen molar-refractivity contribution in [2.45, 2.75) is 19.0 Å². The van der Waals surface area contributed by atoms with Gasteiger partial charge in [-0.2, -0.15) is 13.2 Å². The van der Waals surface area contributed by atoms with Gasteiger partial charge >= 0.3 is 6.18 Å². The molecule has 1 aromatic carbocycles. The van der Waals surface area contributed by atoms with E-state index in [1.165, 1.54) is 12.1 Å². The molecule has 1 aromatic rings. The molecule has 6 heteroatoms. The number of aldehydes is 1.